The van der Waals surface area contributed by atoms with Gasteiger partial charge in [0.2, 0.25) is 0 Å². The molecule has 5 nitrogen and oxygen atoms in total. The van der Waals surface area contributed by atoms with Gasteiger partial charge in [0.1, 0.15) is 5.82 Å². The molecule has 0 bridgehead atoms. The molecule has 0 saturated carbocycles. The van der Waals surface area contributed by atoms with Crippen LogP contribution >= 0.6 is 0 Å². The summed E-state index contributed by atoms with van der Waals surface area (Å²) in [5.41, 5.74) is 1.90. The molecule has 102 valence electrons. The third kappa shape index (κ3) is 2.76. The van der Waals surface area contributed by atoms with Crippen molar-refractivity contribution in [2.45, 2.75) is 32.4 Å². The van der Waals surface area contributed by atoms with Crippen molar-refractivity contribution >= 4 is 17.0 Å². The highest BCUT2D eigenvalue weighted by atomic mass is 16.5. The fourth-order valence-electron chi connectivity index (χ4n) is 2.15. The smallest absolute Gasteiger partial charge is 0.335 e. The highest BCUT2D eigenvalue weighted by Gasteiger charge is 2.20. The molecule has 0 aliphatic heterocycles. The molecule has 0 radical (unpaired) electrons. The van der Waals surface area contributed by atoms with E-state index in [0.717, 1.165) is 24.0 Å². The van der Waals surface area contributed by atoms with Crippen LogP contribution in [0.4, 0.5) is 0 Å². The summed E-state index contributed by atoms with van der Waals surface area (Å²) < 4.78 is 6.58. The molecule has 1 atom stereocenters. The zero-order valence-corrected chi connectivity index (χ0v) is 11.2. The second kappa shape index (κ2) is 5.84. The predicted octanol–water partition coefficient (Wildman–Crippen LogP) is 1.52. The van der Waals surface area contributed by atoms with E-state index in [1.807, 2.05) is 28.8 Å². The number of rotatable bonds is 5. The number of imidazole rings is 1. The number of esters is 1. The topological polar surface area (TPSA) is 64.4 Å². The molecule has 0 spiro atoms. The maximum Gasteiger partial charge on any atom is 0.335 e. The van der Waals surface area contributed by atoms with Crippen LogP contribution in [0.5, 0.6) is 0 Å². The number of hydrogen-bond donors (Lipinski definition) is 1. The summed E-state index contributed by atoms with van der Waals surface area (Å²) in [6, 6.07) is 7.80. The minimum absolute atomic E-state index is 0.168. The van der Waals surface area contributed by atoms with Crippen molar-refractivity contribution in [3.05, 3.63) is 30.1 Å². The number of hydrogen-bond acceptors (Lipinski definition) is 4. The van der Waals surface area contributed by atoms with E-state index < -0.39 is 12.1 Å². The van der Waals surface area contributed by atoms with Crippen molar-refractivity contribution in [2.75, 3.05) is 7.11 Å². The largest absolute Gasteiger partial charge is 0.467 e. The van der Waals surface area contributed by atoms with E-state index >= 15 is 0 Å². The summed E-state index contributed by atoms with van der Waals surface area (Å²) in [6.45, 7) is 2.89. The molecule has 0 saturated heterocycles. The predicted molar refractivity (Wildman–Crippen MR) is 71.8 cm³/mol. The number of fused-ring (bicyclic) bond motifs is 1. The van der Waals surface area contributed by atoms with Crippen molar-refractivity contribution in [2.24, 2.45) is 0 Å². The molecule has 19 heavy (non-hydrogen) atoms. The molecular formula is C14H18N2O3. The maximum absolute atomic E-state index is 11.3. The van der Waals surface area contributed by atoms with Crippen LogP contribution in [-0.4, -0.2) is 33.8 Å². The van der Waals surface area contributed by atoms with Crippen LogP contribution in [-0.2, 0) is 22.5 Å². The lowest BCUT2D eigenvalue weighted by Gasteiger charge is -2.10. The summed E-state index contributed by atoms with van der Waals surface area (Å²) in [7, 11) is 1.26. The summed E-state index contributed by atoms with van der Waals surface area (Å²) in [5.74, 6) is 0.0797. The number of aliphatic hydroxyl groups is 1. The van der Waals surface area contributed by atoms with E-state index in [1.165, 1.54) is 7.11 Å². The second-order valence-corrected chi connectivity index (χ2v) is 4.41. The summed E-state index contributed by atoms with van der Waals surface area (Å²) >= 11 is 0. The first kappa shape index (κ1) is 13.5. The number of aryl methyl sites for hydroxylation is 1. The number of para-hydroxylation sites is 2. The second-order valence-electron chi connectivity index (χ2n) is 4.41. The fourth-order valence-corrected chi connectivity index (χ4v) is 2.15. The molecule has 1 N–H and O–H groups in total. The molecule has 1 aromatic heterocycles. The standard InChI is InChI=1S/C14H18N2O3/c1-3-8-16-11-7-5-4-6-10(11)15-13(16)9-12(17)14(18)19-2/h4-7,12,17H,3,8-9H2,1-2H3. The molecule has 2 aromatic rings. The summed E-state index contributed by atoms with van der Waals surface area (Å²) in [4.78, 5) is 15.8. The highest BCUT2D eigenvalue weighted by molar-refractivity contribution is 5.77. The SMILES string of the molecule is CCCn1c(CC(O)C(=O)OC)nc2ccccc21. The number of carbonyl (C=O) groups excluding carboxylic acids is 1. The number of aromatic nitrogens is 2. The van der Waals surface area contributed by atoms with Gasteiger partial charge in [-0.1, -0.05) is 19.1 Å². The normalized spacial score (nSPS) is 12.6. The van der Waals surface area contributed by atoms with Crippen molar-refractivity contribution in [1.82, 2.24) is 9.55 Å². The average Bonchev–Trinajstić information content (AvgIpc) is 2.76. The Hall–Kier alpha value is -1.88. The van der Waals surface area contributed by atoms with Crippen LogP contribution < -0.4 is 0 Å². The molecule has 2 rings (SSSR count). The Balaban J connectivity index is 2.36. The summed E-state index contributed by atoms with van der Waals surface area (Å²) in [5, 5.41) is 9.76. The van der Waals surface area contributed by atoms with Gasteiger partial charge in [0.15, 0.2) is 6.10 Å². The molecule has 1 aromatic carbocycles. The quantitative estimate of drug-likeness (QED) is 0.830. The van der Waals surface area contributed by atoms with Gasteiger partial charge in [-0.25, -0.2) is 9.78 Å². The van der Waals surface area contributed by atoms with Crippen LogP contribution in [0.25, 0.3) is 11.0 Å². The maximum atomic E-state index is 11.3. The molecular weight excluding hydrogens is 244 g/mol. The Kier molecular flexibility index (Phi) is 4.16. The van der Waals surface area contributed by atoms with E-state index in [0.29, 0.717) is 5.82 Å². The van der Waals surface area contributed by atoms with Gasteiger partial charge in [-0.2, -0.15) is 0 Å². The van der Waals surface area contributed by atoms with Gasteiger partial charge in [0.25, 0.3) is 0 Å². The Morgan fingerprint density at radius 1 is 1.47 bits per heavy atom. The molecule has 0 amide bonds. The molecule has 0 aliphatic rings. The first-order valence-corrected chi connectivity index (χ1v) is 6.37. The number of aliphatic hydroxyl groups excluding tert-OH is 1. The zero-order chi connectivity index (χ0) is 13.8. The number of nitrogens with zero attached hydrogens (tertiary/aromatic N) is 2. The van der Waals surface area contributed by atoms with Crippen LogP contribution in [0.15, 0.2) is 24.3 Å². The third-order valence-electron chi connectivity index (χ3n) is 3.03. The molecule has 1 unspecified atom stereocenters. The third-order valence-corrected chi connectivity index (χ3v) is 3.03. The van der Waals surface area contributed by atoms with Crippen molar-refractivity contribution in [3.63, 3.8) is 0 Å². The van der Waals surface area contributed by atoms with E-state index in [1.54, 1.807) is 0 Å². The molecule has 0 aliphatic carbocycles. The average molecular weight is 262 g/mol. The highest BCUT2D eigenvalue weighted by Crippen LogP contribution is 2.17. The van der Waals surface area contributed by atoms with Crippen LogP contribution in [0.1, 0.15) is 19.2 Å². The van der Waals surface area contributed by atoms with Crippen molar-refractivity contribution < 1.29 is 14.6 Å². The first-order chi connectivity index (χ1) is 9.17. The Morgan fingerprint density at radius 2 is 2.21 bits per heavy atom. The Labute approximate surface area is 111 Å². The lowest BCUT2D eigenvalue weighted by atomic mass is 10.2. The minimum atomic E-state index is -1.17. The van der Waals surface area contributed by atoms with Gasteiger partial charge in [0.05, 0.1) is 18.1 Å². The lowest BCUT2D eigenvalue weighted by Crippen LogP contribution is -2.25. The Morgan fingerprint density at radius 3 is 2.89 bits per heavy atom. The number of methoxy groups -OCH3 is 1. The number of ether oxygens (including phenoxy) is 1. The van der Waals surface area contributed by atoms with Gasteiger partial charge in [-0.05, 0) is 18.6 Å². The van der Waals surface area contributed by atoms with Crippen LogP contribution in [0, 0.1) is 0 Å². The van der Waals surface area contributed by atoms with Gasteiger partial charge in [-0.15, -0.1) is 0 Å². The van der Waals surface area contributed by atoms with Gasteiger partial charge < -0.3 is 14.4 Å². The monoisotopic (exact) mass is 262 g/mol. The molecule has 5 heteroatoms. The van der Waals surface area contributed by atoms with Gasteiger partial charge in [0, 0.05) is 13.0 Å². The number of benzene rings is 1. The zero-order valence-electron chi connectivity index (χ0n) is 11.2. The van der Waals surface area contributed by atoms with Gasteiger partial charge >= 0.3 is 5.97 Å². The molecule has 0 fully saturated rings. The van der Waals surface area contributed by atoms with Gasteiger partial charge in [-0.3, -0.25) is 0 Å². The summed E-state index contributed by atoms with van der Waals surface area (Å²) in [6.07, 6.45) is -0.0411. The van der Waals surface area contributed by atoms with Crippen molar-refractivity contribution in [3.8, 4) is 0 Å². The fraction of sp³-hybridized carbons (Fsp3) is 0.429. The lowest BCUT2D eigenvalue weighted by molar-refractivity contribution is -0.150. The van der Waals surface area contributed by atoms with Crippen LogP contribution in [0.3, 0.4) is 0 Å². The van der Waals surface area contributed by atoms with Crippen molar-refractivity contribution in [1.29, 1.82) is 0 Å². The number of carbonyl (C=O) groups is 1. The molecule has 1 heterocycles. The minimum Gasteiger partial charge on any atom is -0.467 e. The van der Waals surface area contributed by atoms with E-state index in [-0.39, 0.29) is 6.42 Å². The Bertz CT molecular complexity index is 577. The van der Waals surface area contributed by atoms with E-state index in [9.17, 15) is 9.90 Å². The first-order valence-electron chi connectivity index (χ1n) is 6.37. The van der Waals surface area contributed by atoms with E-state index in [4.69, 9.17) is 0 Å². The van der Waals surface area contributed by atoms with Crippen LogP contribution in [0.2, 0.25) is 0 Å². The van der Waals surface area contributed by atoms with E-state index in [2.05, 4.69) is 16.6 Å².